The molecule has 0 saturated heterocycles. The van der Waals surface area contributed by atoms with Gasteiger partial charge in [-0.2, -0.15) is 0 Å². The molecule has 8 nitrogen and oxygen atoms in total. The fraction of sp³-hybridized carbons (Fsp3) is 0.0476. The third-order valence-electron chi connectivity index (χ3n) is 3.97. The Morgan fingerprint density at radius 2 is 1.48 bits per heavy atom. The predicted molar refractivity (Wildman–Crippen MR) is 105 cm³/mol. The second kappa shape index (κ2) is 9.14. The smallest absolute Gasteiger partial charge is 0.269 e. The molecule has 0 atom stereocenters. The van der Waals surface area contributed by atoms with Crippen LogP contribution in [-0.2, 0) is 6.61 Å². The minimum atomic E-state index is -0.593. The first-order valence-electron chi connectivity index (χ1n) is 8.65. The lowest BCUT2D eigenvalue weighted by Crippen LogP contribution is -2.41. The average molecular weight is 391 g/mol. The van der Waals surface area contributed by atoms with E-state index in [0.717, 1.165) is 5.56 Å². The van der Waals surface area contributed by atoms with Crippen molar-refractivity contribution in [3.05, 3.63) is 106 Å². The molecule has 0 aromatic heterocycles. The van der Waals surface area contributed by atoms with Crippen LogP contribution >= 0.6 is 0 Å². The van der Waals surface area contributed by atoms with E-state index in [-0.39, 0.29) is 11.3 Å². The molecule has 3 rings (SSSR count). The molecular weight excluding hydrogens is 374 g/mol. The van der Waals surface area contributed by atoms with Gasteiger partial charge in [-0.15, -0.1) is 0 Å². The monoisotopic (exact) mass is 391 g/mol. The van der Waals surface area contributed by atoms with E-state index in [1.807, 2.05) is 30.3 Å². The number of nitrogens with zero attached hydrogens (tertiary/aromatic N) is 1. The fourth-order valence-corrected chi connectivity index (χ4v) is 2.46. The standard InChI is InChI=1S/C21H17N3O5/c25-20(16-9-11-18(12-10-16)24(27)28)22-23-21(26)17-7-4-8-19(13-17)29-14-15-5-2-1-3-6-15/h1-13H,14H2,(H,22,25)(H,23,26). The highest BCUT2D eigenvalue weighted by Gasteiger charge is 2.12. The molecule has 3 aromatic rings. The fourth-order valence-electron chi connectivity index (χ4n) is 2.46. The molecule has 3 aromatic carbocycles. The highest BCUT2D eigenvalue weighted by molar-refractivity contribution is 5.99. The maximum absolute atomic E-state index is 12.3. The summed E-state index contributed by atoms with van der Waals surface area (Å²) in [6.07, 6.45) is 0. The van der Waals surface area contributed by atoms with Gasteiger partial charge in [0.1, 0.15) is 12.4 Å². The topological polar surface area (TPSA) is 111 Å². The van der Waals surface area contributed by atoms with Gasteiger partial charge in [-0.3, -0.25) is 30.6 Å². The zero-order valence-electron chi connectivity index (χ0n) is 15.2. The van der Waals surface area contributed by atoms with Crippen LogP contribution < -0.4 is 15.6 Å². The van der Waals surface area contributed by atoms with E-state index in [1.54, 1.807) is 24.3 Å². The number of benzene rings is 3. The first kappa shape index (κ1) is 19.6. The predicted octanol–water partition coefficient (Wildman–Crippen LogP) is 3.25. The van der Waals surface area contributed by atoms with Crippen molar-refractivity contribution >= 4 is 17.5 Å². The summed E-state index contributed by atoms with van der Waals surface area (Å²) in [5, 5.41) is 10.6. The molecule has 0 spiro atoms. The van der Waals surface area contributed by atoms with Gasteiger partial charge in [-0.05, 0) is 35.9 Å². The summed E-state index contributed by atoms with van der Waals surface area (Å²) in [7, 11) is 0. The molecule has 146 valence electrons. The van der Waals surface area contributed by atoms with Crippen molar-refractivity contribution < 1.29 is 19.2 Å². The average Bonchev–Trinajstić information content (AvgIpc) is 2.76. The van der Waals surface area contributed by atoms with Crippen molar-refractivity contribution in [3.8, 4) is 5.75 Å². The van der Waals surface area contributed by atoms with Crippen LogP contribution in [0.3, 0.4) is 0 Å². The van der Waals surface area contributed by atoms with Crippen molar-refractivity contribution in [2.24, 2.45) is 0 Å². The Labute approximate surface area is 166 Å². The molecule has 2 amide bonds. The van der Waals surface area contributed by atoms with E-state index >= 15 is 0 Å². The Bertz CT molecular complexity index is 1020. The number of carbonyl (C=O) groups is 2. The lowest BCUT2D eigenvalue weighted by Gasteiger charge is -2.10. The summed E-state index contributed by atoms with van der Waals surface area (Å²) < 4.78 is 5.69. The number of hydrogen-bond acceptors (Lipinski definition) is 5. The number of nitro benzene ring substituents is 1. The molecule has 0 bridgehead atoms. The number of hydrogen-bond donors (Lipinski definition) is 2. The Balaban J connectivity index is 1.56. The van der Waals surface area contributed by atoms with Gasteiger partial charge in [0.05, 0.1) is 4.92 Å². The van der Waals surface area contributed by atoms with Crippen LogP contribution in [0.25, 0.3) is 0 Å². The van der Waals surface area contributed by atoms with Crippen molar-refractivity contribution in [1.82, 2.24) is 10.9 Å². The highest BCUT2D eigenvalue weighted by Crippen LogP contribution is 2.15. The number of carbonyl (C=O) groups excluding carboxylic acids is 2. The van der Waals surface area contributed by atoms with Crippen molar-refractivity contribution in [3.63, 3.8) is 0 Å². The van der Waals surface area contributed by atoms with E-state index < -0.39 is 16.7 Å². The number of ether oxygens (including phenoxy) is 1. The first-order chi connectivity index (χ1) is 14.0. The molecular formula is C21H17N3O5. The molecule has 0 radical (unpaired) electrons. The molecule has 0 fully saturated rings. The second-order valence-corrected chi connectivity index (χ2v) is 6.01. The molecule has 29 heavy (non-hydrogen) atoms. The van der Waals surface area contributed by atoms with Crippen LogP contribution in [-0.4, -0.2) is 16.7 Å². The first-order valence-corrected chi connectivity index (χ1v) is 8.65. The highest BCUT2D eigenvalue weighted by atomic mass is 16.6. The van der Waals surface area contributed by atoms with Gasteiger partial charge >= 0.3 is 0 Å². The Morgan fingerprint density at radius 3 is 2.14 bits per heavy atom. The minimum absolute atomic E-state index is 0.127. The molecule has 0 unspecified atom stereocenters. The lowest BCUT2D eigenvalue weighted by molar-refractivity contribution is -0.384. The second-order valence-electron chi connectivity index (χ2n) is 6.01. The Kier molecular flexibility index (Phi) is 6.16. The number of nitro groups is 1. The SMILES string of the molecule is O=C(NNC(=O)c1cccc(OCc2ccccc2)c1)c1ccc([N+](=O)[O-])cc1. The number of hydrazine groups is 1. The normalized spacial score (nSPS) is 10.1. The summed E-state index contributed by atoms with van der Waals surface area (Å²) >= 11 is 0. The van der Waals surface area contributed by atoms with Gasteiger partial charge in [-0.25, -0.2) is 0 Å². The minimum Gasteiger partial charge on any atom is -0.489 e. The van der Waals surface area contributed by atoms with Gasteiger partial charge in [0.25, 0.3) is 17.5 Å². The van der Waals surface area contributed by atoms with Gasteiger partial charge in [0.2, 0.25) is 0 Å². The van der Waals surface area contributed by atoms with E-state index in [2.05, 4.69) is 10.9 Å². The zero-order chi connectivity index (χ0) is 20.6. The maximum atomic E-state index is 12.3. The van der Waals surface area contributed by atoms with Crippen LogP contribution in [0, 0.1) is 10.1 Å². The van der Waals surface area contributed by atoms with Crippen LogP contribution in [0.2, 0.25) is 0 Å². The van der Waals surface area contributed by atoms with Crippen LogP contribution in [0.5, 0.6) is 5.75 Å². The number of rotatable bonds is 6. The molecule has 0 aliphatic rings. The van der Waals surface area contributed by atoms with Gasteiger partial charge in [0, 0.05) is 23.3 Å². The van der Waals surface area contributed by atoms with E-state index in [1.165, 1.54) is 24.3 Å². The molecule has 0 saturated carbocycles. The van der Waals surface area contributed by atoms with Crippen LogP contribution in [0.15, 0.2) is 78.9 Å². The largest absolute Gasteiger partial charge is 0.489 e. The van der Waals surface area contributed by atoms with Crippen LogP contribution in [0.4, 0.5) is 5.69 Å². The summed E-state index contributed by atoms with van der Waals surface area (Å²) in [5.41, 5.74) is 5.93. The van der Waals surface area contributed by atoms with Crippen molar-refractivity contribution in [2.45, 2.75) is 6.61 Å². The van der Waals surface area contributed by atoms with Gasteiger partial charge in [-0.1, -0.05) is 36.4 Å². The summed E-state index contributed by atoms with van der Waals surface area (Å²) in [5.74, 6) is -0.599. The number of nitrogens with one attached hydrogen (secondary N) is 2. The molecule has 0 aliphatic heterocycles. The van der Waals surface area contributed by atoms with E-state index in [4.69, 9.17) is 4.74 Å². The zero-order valence-corrected chi connectivity index (χ0v) is 15.2. The molecule has 8 heteroatoms. The summed E-state index contributed by atoms with van der Waals surface area (Å²) in [6.45, 7) is 0.364. The van der Waals surface area contributed by atoms with Gasteiger partial charge in [0.15, 0.2) is 0 Å². The third kappa shape index (κ3) is 5.39. The Morgan fingerprint density at radius 1 is 0.828 bits per heavy atom. The molecule has 0 heterocycles. The summed E-state index contributed by atoms with van der Waals surface area (Å²) in [4.78, 5) is 34.4. The van der Waals surface area contributed by atoms with Gasteiger partial charge < -0.3 is 4.74 Å². The van der Waals surface area contributed by atoms with E-state index in [0.29, 0.717) is 17.9 Å². The van der Waals surface area contributed by atoms with E-state index in [9.17, 15) is 19.7 Å². The third-order valence-corrected chi connectivity index (χ3v) is 3.97. The number of non-ortho nitro benzene ring substituents is 1. The maximum Gasteiger partial charge on any atom is 0.269 e. The van der Waals surface area contributed by atoms with Crippen molar-refractivity contribution in [1.29, 1.82) is 0 Å². The number of amides is 2. The quantitative estimate of drug-likeness (QED) is 0.495. The summed E-state index contributed by atoms with van der Waals surface area (Å²) in [6, 6.07) is 21.2. The van der Waals surface area contributed by atoms with Crippen LogP contribution in [0.1, 0.15) is 26.3 Å². The Hall–Kier alpha value is -4.20. The lowest BCUT2D eigenvalue weighted by atomic mass is 10.2. The molecule has 0 aliphatic carbocycles. The van der Waals surface area contributed by atoms with Crippen molar-refractivity contribution in [2.75, 3.05) is 0 Å². The molecule has 2 N–H and O–H groups in total.